The van der Waals surface area contributed by atoms with Gasteiger partial charge in [-0.05, 0) is 50.6 Å². The zero-order valence-corrected chi connectivity index (χ0v) is 16.3. The molecule has 1 unspecified atom stereocenters. The number of benzene rings is 1. The molecule has 1 aliphatic rings. The van der Waals surface area contributed by atoms with Crippen molar-refractivity contribution in [2.75, 3.05) is 27.3 Å². The Morgan fingerprint density at radius 2 is 2.00 bits per heavy atom. The summed E-state index contributed by atoms with van der Waals surface area (Å²) in [5.41, 5.74) is 7.53. The lowest BCUT2D eigenvalue weighted by Crippen LogP contribution is -2.46. The summed E-state index contributed by atoms with van der Waals surface area (Å²) in [5, 5.41) is 2.86. The molecule has 1 heterocycles. The molecule has 0 aromatic heterocycles. The van der Waals surface area contributed by atoms with Gasteiger partial charge in [-0.2, -0.15) is 0 Å². The molecular formula is C17H28Cl2FN3O2. The van der Waals surface area contributed by atoms with Crippen LogP contribution in [-0.2, 0) is 22.6 Å². The van der Waals surface area contributed by atoms with E-state index in [1.807, 2.05) is 19.0 Å². The van der Waals surface area contributed by atoms with Crippen LogP contribution in [0, 0.1) is 11.7 Å². The molecule has 1 atom stereocenters. The fourth-order valence-electron chi connectivity index (χ4n) is 2.80. The van der Waals surface area contributed by atoms with Crippen molar-refractivity contribution in [2.24, 2.45) is 11.7 Å². The summed E-state index contributed by atoms with van der Waals surface area (Å²) in [6, 6.07) is 4.41. The third-order valence-corrected chi connectivity index (χ3v) is 4.14. The maximum atomic E-state index is 13.8. The van der Waals surface area contributed by atoms with Gasteiger partial charge in [0.15, 0.2) is 0 Å². The van der Waals surface area contributed by atoms with E-state index in [9.17, 15) is 9.18 Å². The smallest absolute Gasteiger partial charge is 0.237 e. The fourth-order valence-corrected chi connectivity index (χ4v) is 2.80. The molecule has 0 saturated carbocycles. The monoisotopic (exact) mass is 395 g/mol. The van der Waals surface area contributed by atoms with Gasteiger partial charge >= 0.3 is 0 Å². The molecule has 3 N–H and O–H groups in total. The number of halogens is 3. The van der Waals surface area contributed by atoms with E-state index in [1.54, 1.807) is 12.1 Å². The van der Waals surface area contributed by atoms with E-state index >= 15 is 0 Å². The lowest BCUT2D eigenvalue weighted by atomic mass is 9.92. The molecule has 5 nitrogen and oxygen atoms in total. The van der Waals surface area contributed by atoms with Crippen LogP contribution in [0.1, 0.15) is 24.0 Å². The number of ether oxygens (including phenoxy) is 1. The molecule has 1 aromatic carbocycles. The van der Waals surface area contributed by atoms with Gasteiger partial charge in [0.2, 0.25) is 5.91 Å². The number of carbonyl (C=O) groups excluding carboxylic acids is 1. The molecule has 1 aromatic rings. The largest absolute Gasteiger partial charge is 0.381 e. The molecule has 1 aliphatic heterocycles. The highest BCUT2D eigenvalue weighted by molar-refractivity contribution is 5.85. The quantitative estimate of drug-likeness (QED) is 0.773. The second-order valence-corrected chi connectivity index (χ2v) is 6.36. The van der Waals surface area contributed by atoms with E-state index in [-0.39, 0.29) is 42.5 Å². The van der Waals surface area contributed by atoms with Crippen molar-refractivity contribution in [3.63, 3.8) is 0 Å². The van der Waals surface area contributed by atoms with Crippen molar-refractivity contribution in [1.29, 1.82) is 0 Å². The maximum Gasteiger partial charge on any atom is 0.237 e. The lowest BCUT2D eigenvalue weighted by molar-refractivity contribution is -0.124. The van der Waals surface area contributed by atoms with Gasteiger partial charge in [-0.15, -0.1) is 24.8 Å². The maximum absolute atomic E-state index is 13.8. The molecule has 0 radical (unpaired) electrons. The Morgan fingerprint density at radius 3 is 2.60 bits per heavy atom. The summed E-state index contributed by atoms with van der Waals surface area (Å²) in [6.45, 7) is 2.21. The molecule has 1 saturated heterocycles. The zero-order valence-electron chi connectivity index (χ0n) is 14.7. The van der Waals surface area contributed by atoms with E-state index in [1.165, 1.54) is 6.07 Å². The minimum Gasteiger partial charge on any atom is -0.381 e. The Kier molecular flexibility index (Phi) is 11.2. The molecule has 0 bridgehead atoms. The highest BCUT2D eigenvalue weighted by Gasteiger charge is 2.26. The summed E-state index contributed by atoms with van der Waals surface area (Å²) >= 11 is 0. The van der Waals surface area contributed by atoms with Crippen molar-refractivity contribution < 1.29 is 13.9 Å². The van der Waals surface area contributed by atoms with E-state index in [4.69, 9.17) is 10.5 Å². The third kappa shape index (κ3) is 7.46. The van der Waals surface area contributed by atoms with E-state index in [2.05, 4.69) is 5.32 Å². The molecule has 8 heteroatoms. The van der Waals surface area contributed by atoms with Crippen LogP contribution in [0.25, 0.3) is 0 Å². The van der Waals surface area contributed by atoms with Crippen molar-refractivity contribution in [1.82, 2.24) is 10.2 Å². The first kappa shape index (κ1) is 24.1. The Bertz CT molecular complexity index is 541. The number of hydrogen-bond donors (Lipinski definition) is 2. The first-order chi connectivity index (χ1) is 11.0. The topological polar surface area (TPSA) is 67.6 Å². The first-order valence-corrected chi connectivity index (χ1v) is 8.00. The van der Waals surface area contributed by atoms with Gasteiger partial charge in [-0.25, -0.2) is 4.39 Å². The van der Waals surface area contributed by atoms with Crippen LogP contribution in [0.4, 0.5) is 4.39 Å². The predicted molar refractivity (Wildman–Crippen MR) is 102 cm³/mol. The summed E-state index contributed by atoms with van der Waals surface area (Å²) in [7, 11) is 3.78. The summed E-state index contributed by atoms with van der Waals surface area (Å²) in [6.07, 6.45) is 1.64. The second-order valence-electron chi connectivity index (χ2n) is 6.36. The number of amides is 1. The Morgan fingerprint density at radius 1 is 1.36 bits per heavy atom. The number of nitrogens with one attached hydrogen (secondary N) is 1. The van der Waals surface area contributed by atoms with Crippen molar-refractivity contribution in [2.45, 2.75) is 32.0 Å². The van der Waals surface area contributed by atoms with Crippen molar-refractivity contribution >= 4 is 30.7 Å². The van der Waals surface area contributed by atoms with Gasteiger partial charge in [-0.3, -0.25) is 4.79 Å². The van der Waals surface area contributed by atoms with Crippen LogP contribution in [0.15, 0.2) is 18.2 Å². The Balaban J connectivity index is 0.00000288. The van der Waals surface area contributed by atoms with Gasteiger partial charge in [0.05, 0.1) is 6.04 Å². The van der Waals surface area contributed by atoms with Gasteiger partial charge in [-0.1, -0.05) is 6.07 Å². The van der Waals surface area contributed by atoms with Crippen LogP contribution in [0.5, 0.6) is 0 Å². The first-order valence-electron chi connectivity index (χ1n) is 8.00. The van der Waals surface area contributed by atoms with Crippen LogP contribution in [0.3, 0.4) is 0 Å². The number of rotatable bonds is 6. The molecular weight excluding hydrogens is 368 g/mol. The van der Waals surface area contributed by atoms with Crippen LogP contribution in [0.2, 0.25) is 0 Å². The number of nitrogens with zero attached hydrogens (tertiary/aromatic N) is 1. The summed E-state index contributed by atoms with van der Waals surface area (Å²) in [5.74, 6) is -0.218. The SMILES string of the molecule is CN(C)Cc1cc(CNC(=O)C(N)C2CCOCC2)ccc1F.Cl.Cl. The second kappa shape index (κ2) is 11.6. The fraction of sp³-hybridized carbons (Fsp3) is 0.588. The minimum absolute atomic E-state index is 0. The van der Waals surface area contributed by atoms with E-state index in [0.29, 0.717) is 31.9 Å². The molecule has 1 fully saturated rings. The highest BCUT2D eigenvalue weighted by atomic mass is 35.5. The third-order valence-electron chi connectivity index (χ3n) is 4.14. The molecule has 25 heavy (non-hydrogen) atoms. The molecule has 0 spiro atoms. The van der Waals surface area contributed by atoms with Gasteiger partial charge in [0.1, 0.15) is 5.82 Å². The average molecular weight is 396 g/mol. The standard InChI is InChI=1S/C17H26FN3O2.2ClH/c1-21(2)11-14-9-12(3-4-15(14)18)10-20-17(22)16(19)13-5-7-23-8-6-13;;/h3-4,9,13,16H,5-8,10-11,19H2,1-2H3,(H,20,22);2*1H. The summed E-state index contributed by atoms with van der Waals surface area (Å²) in [4.78, 5) is 14.1. The van der Waals surface area contributed by atoms with Crippen LogP contribution in [-0.4, -0.2) is 44.2 Å². The molecule has 2 rings (SSSR count). The zero-order chi connectivity index (χ0) is 16.8. The summed E-state index contributed by atoms with van der Waals surface area (Å²) < 4.78 is 19.0. The van der Waals surface area contributed by atoms with Crippen LogP contribution >= 0.6 is 24.8 Å². The van der Waals surface area contributed by atoms with Crippen LogP contribution < -0.4 is 11.1 Å². The lowest BCUT2D eigenvalue weighted by Gasteiger charge is -2.26. The highest BCUT2D eigenvalue weighted by Crippen LogP contribution is 2.18. The van der Waals surface area contributed by atoms with Gasteiger partial charge < -0.3 is 20.7 Å². The number of hydrogen-bond acceptors (Lipinski definition) is 4. The molecule has 0 aliphatic carbocycles. The van der Waals surface area contributed by atoms with Crippen molar-refractivity contribution in [3.05, 3.63) is 35.1 Å². The minimum atomic E-state index is -0.513. The number of carbonyl (C=O) groups is 1. The number of nitrogens with two attached hydrogens (primary N) is 1. The van der Waals surface area contributed by atoms with Gasteiger partial charge in [0.25, 0.3) is 0 Å². The Labute approximate surface area is 161 Å². The van der Waals surface area contributed by atoms with Gasteiger partial charge in [0, 0.05) is 31.9 Å². The molecule has 1 amide bonds. The molecule has 144 valence electrons. The van der Waals surface area contributed by atoms with Crippen molar-refractivity contribution in [3.8, 4) is 0 Å². The van der Waals surface area contributed by atoms with E-state index in [0.717, 1.165) is 18.4 Å². The Hall–Kier alpha value is -0.920. The average Bonchev–Trinajstić information content (AvgIpc) is 2.55. The predicted octanol–water partition coefficient (Wildman–Crippen LogP) is 2.10. The van der Waals surface area contributed by atoms with E-state index < -0.39 is 6.04 Å². The normalized spacial score (nSPS) is 15.9.